The van der Waals surface area contributed by atoms with Gasteiger partial charge in [0, 0.05) is 30.7 Å². The van der Waals surface area contributed by atoms with Gasteiger partial charge in [-0.15, -0.1) is 0 Å². The average molecular weight is 278 g/mol. The summed E-state index contributed by atoms with van der Waals surface area (Å²) < 4.78 is 14.0. The molecule has 0 saturated heterocycles. The van der Waals surface area contributed by atoms with E-state index in [1.54, 1.807) is 12.1 Å². The minimum Gasteiger partial charge on any atom is -0.309 e. The van der Waals surface area contributed by atoms with E-state index in [1.165, 1.54) is 12.8 Å². The molecule has 1 aromatic carbocycles. The summed E-state index contributed by atoms with van der Waals surface area (Å²) in [5.74, 6) is 0.553. The van der Waals surface area contributed by atoms with Gasteiger partial charge in [-0.3, -0.25) is 4.90 Å². The van der Waals surface area contributed by atoms with Crippen molar-refractivity contribution in [2.45, 2.75) is 45.7 Å². The number of hydrogen-bond donors (Lipinski definition) is 1. The van der Waals surface area contributed by atoms with E-state index in [-0.39, 0.29) is 11.9 Å². The highest BCUT2D eigenvalue weighted by Crippen LogP contribution is 2.30. The molecule has 0 radical (unpaired) electrons. The molecule has 0 spiro atoms. The molecule has 0 bridgehead atoms. The van der Waals surface area contributed by atoms with E-state index in [1.807, 2.05) is 12.1 Å². The third-order valence-electron chi connectivity index (χ3n) is 3.81. The lowest BCUT2D eigenvalue weighted by Gasteiger charge is -2.29. The van der Waals surface area contributed by atoms with Crippen LogP contribution in [-0.2, 0) is 0 Å². The maximum Gasteiger partial charge on any atom is 0.128 e. The van der Waals surface area contributed by atoms with E-state index in [4.69, 9.17) is 0 Å². The van der Waals surface area contributed by atoms with Crippen molar-refractivity contribution in [1.82, 2.24) is 10.2 Å². The lowest BCUT2D eigenvalue weighted by Crippen LogP contribution is -2.38. The standard InChI is InChI=1S/C17H27FN2/c1-4-19-17(15-7-5-6-8-16(15)18)12-20(11-13(2)3)14-9-10-14/h5-8,13-14,17,19H,4,9-12H2,1-3H3. The van der Waals surface area contributed by atoms with Gasteiger partial charge < -0.3 is 5.32 Å². The first-order valence-corrected chi connectivity index (χ1v) is 7.83. The summed E-state index contributed by atoms with van der Waals surface area (Å²) in [7, 11) is 0. The number of nitrogens with one attached hydrogen (secondary N) is 1. The van der Waals surface area contributed by atoms with Gasteiger partial charge in [0.2, 0.25) is 0 Å². The molecule has 20 heavy (non-hydrogen) atoms. The number of halogens is 1. The van der Waals surface area contributed by atoms with Gasteiger partial charge in [-0.2, -0.15) is 0 Å². The molecular formula is C17H27FN2. The first-order chi connectivity index (χ1) is 9.61. The van der Waals surface area contributed by atoms with Crippen LogP contribution >= 0.6 is 0 Å². The predicted molar refractivity (Wildman–Crippen MR) is 82.3 cm³/mol. The number of benzene rings is 1. The number of hydrogen-bond acceptors (Lipinski definition) is 2. The van der Waals surface area contributed by atoms with Gasteiger partial charge in [0.15, 0.2) is 0 Å². The van der Waals surface area contributed by atoms with Crippen LogP contribution in [0.5, 0.6) is 0 Å². The van der Waals surface area contributed by atoms with Crippen molar-refractivity contribution in [3.05, 3.63) is 35.6 Å². The third-order valence-corrected chi connectivity index (χ3v) is 3.81. The molecule has 3 heteroatoms. The molecule has 1 aliphatic rings. The molecule has 0 amide bonds. The number of nitrogens with zero attached hydrogens (tertiary/aromatic N) is 1. The Hall–Kier alpha value is -0.930. The van der Waals surface area contributed by atoms with Crippen LogP contribution < -0.4 is 5.32 Å². The zero-order valence-corrected chi connectivity index (χ0v) is 12.9. The summed E-state index contributed by atoms with van der Waals surface area (Å²) in [6.45, 7) is 9.44. The van der Waals surface area contributed by atoms with Crippen molar-refractivity contribution < 1.29 is 4.39 Å². The zero-order valence-electron chi connectivity index (χ0n) is 12.9. The summed E-state index contributed by atoms with van der Waals surface area (Å²) in [6.07, 6.45) is 2.59. The van der Waals surface area contributed by atoms with Crippen LogP contribution in [0.2, 0.25) is 0 Å². The van der Waals surface area contributed by atoms with Crippen molar-refractivity contribution in [2.24, 2.45) is 5.92 Å². The van der Waals surface area contributed by atoms with E-state index >= 15 is 0 Å². The first-order valence-electron chi connectivity index (χ1n) is 7.83. The molecule has 1 saturated carbocycles. The molecule has 1 atom stereocenters. The van der Waals surface area contributed by atoms with Crippen molar-refractivity contribution in [3.8, 4) is 0 Å². The summed E-state index contributed by atoms with van der Waals surface area (Å²) in [5.41, 5.74) is 0.795. The van der Waals surface area contributed by atoms with Crippen LogP contribution in [0, 0.1) is 11.7 Å². The Labute approximate surface area is 122 Å². The molecule has 2 rings (SSSR count). The third kappa shape index (κ3) is 4.29. The normalized spacial score (nSPS) is 16.9. The summed E-state index contributed by atoms with van der Waals surface area (Å²) in [5, 5.41) is 3.44. The zero-order chi connectivity index (χ0) is 14.5. The molecule has 0 aliphatic heterocycles. The van der Waals surface area contributed by atoms with Crippen molar-refractivity contribution >= 4 is 0 Å². The highest BCUT2D eigenvalue weighted by molar-refractivity contribution is 5.21. The van der Waals surface area contributed by atoms with E-state index < -0.39 is 0 Å². The fraction of sp³-hybridized carbons (Fsp3) is 0.647. The second kappa shape index (κ2) is 7.19. The van der Waals surface area contributed by atoms with Gasteiger partial charge in [0.25, 0.3) is 0 Å². The lowest BCUT2D eigenvalue weighted by molar-refractivity contribution is 0.208. The summed E-state index contributed by atoms with van der Waals surface area (Å²) >= 11 is 0. The Morgan fingerprint density at radius 3 is 2.50 bits per heavy atom. The van der Waals surface area contributed by atoms with Gasteiger partial charge in [-0.25, -0.2) is 4.39 Å². The van der Waals surface area contributed by atoms with Crippen LogP contribution in [0.3, 0.4) is 0 Å². The SMILES string of the molecule is CCNC(CN(CC(C)C)C1CC1)c1ccccc1F. The van der Waals surface area contributed by atoms with Crippen LogP contribution in [0.25, 0.3) is 0 Å². The minimum absolute atomic E-state index is 0.0838. The van der Waals surface area contributed by atoms with Crippen molar-refractivity contribution in [2.75, 3.05) is 19.6 Å². The van der Waals surface area contributed by atoms with Crippen LogP contribution in [0.1, 0.15) is 45.2 Å². The summed E-state index contributed by atoms with van der Waals surface area (Å²) in [4.78, 5) is 2.53. The van der Waals surface area contributed by atoms with Gasteiger partial charge in [-0.1, -0.05) is 39.0 Å². The quantitative estimate of drug-likeness (QED) is 0.781. The van der Waals surface area contributed by atoms with Crippen molar-refractivity contribution in [1.29, 1.82) is 0 Å². The predicted octanol–water partition coefficient (Wildman–Crippen LogP) is 3.60. The average Bonchev–Trinajstić information content (AvgIpc) is 3.21. The van der Waals surface area contributed by atoms with Crippen LogP contribution in [0.15, 0.2) is 24.3 Å². The molecule has 112 valence electrons. The number of rotatable bonds is 8. The molecule has 1 unspecified atom stereocenters. The summed E-state index contributed by atoms with van der Waals surface area (Å²) in [6, 6.07) is 7.94. The van der Waals surface area contributed by atoms with Crippen LogP contribution in [-0.4, -0.2) is 30.6 Å². The highest BCUT2D eigenvalue weighted by Gasteiger charge is 2.31. The Bertz CT molecular complexity index is 415. The minimum atomic E-state index is -0.0984. The molecular weight excluding hydrogens is 251 g/mol. The van der Waals surface area contributed by atoms with E-state index in [9.17, 15) is 4.39 Å². The Kier molecular flexibility index (Phi) is 5.55. The fourth-order valence-corrected chi connectivity index (χ4v) is 2.79. The van der Waals surface area contributed by atoms with E-state index in [0.717, 1.165) is 25.2 Å². The highest BCUT2D eigenvalue weighted by atomic mass is 19.1. The Morgan fingerprint density at radius 1 is 1.25 bits per heavy atom. The lowest BCUT2D eigenvalue weighted by atomic mass is 10.0. The molecule has 1 fully saturated rings. The number of likely N-dealkylation sites (N-methyl/N-ethyl adjacent to an activating group) is 1. The maximum atomic E-state index is 14.0. The molecule has 2 nitrogen and oxygen atoms in total. The molecule has 0 heterocycles. The van der Waals surface area contributed by atoms with E-state index in [2.05, 4.69) is 31.0 Å². The monoisotopic (exact) mass is 278 g/mol. The van der Waals surface area contributed by atoms with Gasteiger partial charge in [0.05, 0.1) is 0 Å². The first kappa shape index (κ1) is 15.5. The second-order valence-corrected chi connectivity index (χ2v) is 6.21. The largest absolute Gasteiger partial charge is 0.309 e. The molecule has 1 N–H and O–H groups in total. The molecule has 1 aliphatic carbocycles. The topological polar surface area (TPSA) is 15.3 Å². The van der Waals surface area contributed by atoms with Gasteiger partial charge in [-0.05, 0) is 31.4 Å². The Balaban J connectivity index is 2.09. The molecule has 0 aromatic heterocycles. The maximum absolute atomic E-state index is 14.0. The molecule has 1 aromatic rings. The van der Waals surface area contributed by atoms with Crippen molar-refractivity contribution in [3.63, 3.8) is 0 Å². The Morgan fingerprint density at radius 2 is 1.95 bits per heavy atom. The van der Waals surface area contributed by atoms with Crippen LogP contribution in [0.4, 0.5) is 4.39 Å². The van der Waals surface area contributed by atoms with Gasteiger partial charge in [0.1, 0.15) is 5.82 Å². The second-order valence-electron chi connectivity index (χ2n) is 6.21. The van der Waals surface area contributed by atoms with E-state index in [0.29, 0.717) is 12.0 Å². The fourth-order valence-electron chi connectivity index (χ4n) is 2.79. The van der Waals surface area contributed by atoms with Gasteiger partial charge >= 0.3 is 0 Å². The smallest absolute Gasteiger partial charge is 0.128 e.